The van der Waals surface area contributed by atoms with Crippen molar-refractivity contribution in [3.8, 4) is 11.3 Å². The van der Waals surface area contributed by atoms with Crippen LogP contribution in [0.25, 0.3) is 22.5 Å². The van der Waals surface area contributed by atoms with Gasteiger partial charge in [0.2, 0.25) is 0 Å². The van der Waals surface area contributed by atoms with Gasteiger partial charge in [0.15, 0.2) is 0 Å². The van der Waals surface area contributed by atoms with Crippen molar-refractivity contribution in [1.29, 1.82) is 0 Å². The summed E-state index contributed by atoms with van der Waals surface area (Å²) < 4.78 is 1.88. The first-order valence-electron chi connectivity index (χ1n) is 10.2. The molecule has 0 atom stereocenters. The molecule has 1 aromatic heterocycles. The second kappa shape index (κ2) is 8.08. The number of nitro groups is 1. The first-order chi connectivity index (χ1) is 16.0. The molecule has 0 saturated heterocycles. The number of hydrogen-bond acceptors (Lipinski definition) is 5. The zero-order valence-electron chi connectivity index (χ0n) is 17.6. The maximum Gasteiger partial charge on any atom is 0.270 e. The van der Waals surface area contributed by atoms with Gasteiger partial charge < -0.3 is 15.2 Å². The lowest BCUT2D eigenvalue weighted by Gasteiger charge is -2.15. The molecule has 3 aromatic carbocycles. The first-order valence-corrected chi connectivity index (χ1v) is 10.2. The van der Waals surface area contributed by atoms with Gasteiger partial charge in [0.1, 0.15) is 0 Å². The Kier molecular flexibility index (Phi) is 4.95. The summed E-state index contributed by atoms with van der Waals surface area (Å²) in [6, 6.07) is 21.5. The highest BCUT2D eigenvalue weighted by Crippen LogP contribution is 2.39. The fourth-order valence-electron chi connectivity index (χ4n) is 3.83. The summed E-state index contributed by atoms with van der Waals surface area (Å²) in [5.74, 6) is -0.318. The van der Waals surface area contributed by atoms with Crippen LogP contribution in [0.5, 0.6) is 0 Å². The van der Waals surface area contributed by atoms with Crippen LogP contribution in [0.15, 0.2) is 85.3 Å². The predicted molar refractivity (Wildman–Crippen MR) is 127 cm³/mol. The lowest BCUT2D eigenvalue weighted by Crippen LogP contribution is -2.10. The highest BCUT2D eigenvalue weighted by atomic mass is 16.6. The van der Waals surface area contributed by atoms with Crippen LogP contribution < -0.4 is 10.6 Å². The standard InChI is InChI=1S/C25H19N5O3/c1-29-14-22(26-15-29)16-7-9-18(10-8-16)27-24(17-5-3-2-4-6-17)23-20-13-19(30(32)33)11-12-21(20)28-25(23)31/h2-15,27H,1H3,(H,28,31). The second-order valence-corrected chi connectivity index (χ2v) is 7.68. The average Bonchev–Trinajstić information content (AvgIpc) is 3.40. The molecule has 0 fully saturated rings. The number of non-ortho nitro benzene ring substituents is 1. The molecule has 8 nitrogen and oxygen atoms in total. The van der Waals surface area contributed by atoms with Gasteiger partial charge in [0.25, 0.3) is 11.6 Å². The minimum atomic E-state index is -0.466. The van der Waals surface area contributed by atoms with Crippen molar-refractivity contribution in [3.05, 3.63) is 107 Å². The van der Waals surface area contributed by atoms with Crippen LogP contribution in [0, 0.1) is 10.1 Å². The summed E-state index contributed by atoms with van der Waals surface area (Å²) in [7, 11) is 1.92. The Morgan fingerprint density at radius 3 is 2.48 bits per heavy atom. The van der Waals surface area contributed by atoms with Gasteiger partial charge in [-0.3, -0.25) is 14.9 Å². The number of benzene rings is 3. The lowest BCUT2D eigenvalue weighted by atomic mass is 9.99. The van der Waals surface area contributed by atoms with Crippen molar-refractivity contribution in [3.63, 3.8) is 0 Å². The number of nitrogens with zero attached hydrogens (tertiary/aromatic N) is 3. The number of nitrogens with one attached hydrogen (secondary N) is 2. The molecule has 1 aliphatic heterocycles. The maximum absolute atomic E-state index is 13.0. The van der Waals surface area contributed by atoms with Gasteiger partial charge in [-0.2, -0.15) is 0 Å². The van der Waals surface area contributed by atoms with E-state index in [2.05, 4.69) is 15.6 Å². The molecular formula is C25H19N5O3. The third kappa shape index (κ3) is 3.85. The molecule has 33 heavy (non-hydrogen) atoms. The van der Waals surface area contributed by atoms with Crippen LogP contribution >= 0.6 is 0 Å². The number of rotatable bonds is 5. The Morgan fingerprint density at radius 2 is 1.82 bits per heavy atom. The van der Waals surface area contributed by atoms with E-state index in [-0.39, 0.29) is 11.6 Å². The summed E-state index contributed by atoms with van der Waals surface area (Å²) in [6.45, 7) is 0. The minimum Gasteiger partial charge on any atom is -0.354 e. The fraction of sp³-hybridized carbons (Fsp3) is 0.0400. The summed E-state index contributed by atoms with van der Waals surface area (Å²) >= 11 is 0. The van der Waals surface area contributed by atoms with Crippen molar-refractivity contribution in [1.82, 2.24) is 9.55 Å². The third-order valence-corrected chi connectivity index (χ3v) is 5.43. The third-order valence-electron chi connectivity index (χ3n) is 5.43. The highest BCUT2D eigenvalue weighted by molar-refractivity contribution is 6.37. The maximum atomic E-state index is 13.0. The van der Waals surface area contributed by atoms with E-state index in [0.717, 1.165) is 22.5 Å². The molecule has 4 aromatic rings. The molecule has 8 heteroatoms. The van der Waals surface area contributed by atoms with Crippen LogP contribution in [0.4, 0.5) is 17.1 Å². The van der Waals surface area contributed by atoms with Gasteiger partial charge >= 0.3 is 0 Å². The van der Waals surface area contributed by atoms with Gasteiger partial charge in [0.05, 0.1) is 28.2 Å². The van der Waals surface area contributed by atoms with Crippen LogP contribution in [0.1, 0.15) is 11.1 Å². The molecule has 0 aliphatic carbocycles. The molecule has 1 amide bonds. The number of aromatic nitrogens is 2. The van der Waals surface area contributed by atoms with E-state index in [4.69, 9.17) is 0 Å². The topological polar surface area (TPSA) is 102 Å². The molecule has 2 heterocycles. The van der Waals surface area contributed by atoms with Crippen LogP contribution in [-0.4, -0.2) is 20.4 Å². The van der Waals surface area contributed by atoms with Crippen molar-refractivity contribution < 1.29 is 9.72 Å². The number of carbonyl (C=O) groups excluding carboxylic acids is 1. The Hall–Kier alpha value is -4.72. The Bertz CT molecular complexity index is 1410. The largest absolute Gasteiger partial charge is 0.354 e. The van der Waals surface area contributed by atoms with E-state index in [1.807, 2.05) is 72.4 Å². The van der Waals surface area contributed by atoms with Gasteiger partial charge in [-0.1, -0.05) is 42.5 Å². The normalized spacial score (nSPS) is 13.9. The van der Waals surface area contributed by atoms with E-state index >= 15 is 0 Å². The molecule has 0 radical (unpaired) electrons. The summed E-state index contributed by atoms with van der Waals surface area (Å²) in [5.41, 5.74) is 5.27. The van der Waals surface area contributed by atoms with Crippen molar-refractivity contribution in [2.45, 2.75) is 0 Å². The molecule has 0 bridgehead atoms. The number of amides is 1. The molecule has 0 saturated carbocycles. The number of fused-ring (bicyclic) bond motifs is 1. The highest BCUT2D eigenvalue weighted by Gasteiger charge is 2.30. The van der Waals surface area contributed by atoms with E-state index in [1.165, 1.54) is 12.1 Å². The average molecular weight is 437 g/mol. The Labute approximate surface area is 189 Å². The van der Waals surface area contributed by atoms with E-state index < -0.39 is 4.92 Å². The number of nitro benzene ring substituents is 1. The number of aryl methyl sites for hydroxylation is 1. The van der Waals surface area contributed by atoms with E-state index in [0.29, 0.717) is 22.5 Å². The monoisotopic (exact) mass is 437 g/mol. The molecule has 5 rings (SSSR count). The predicted octanol–water partition coefficient (Wildman–Crippen LogP) is 4.93. The van der Waals surface area contributed by atoms with E-state index in [9.17, 15) is 14.9 Å². The first kappa shape index (κ1) is 20.2. The van der Waals surface area contributed by atoms with Gasteiger partial charge in [-0.05, 0) is 23.8 Å². The van der Waals surface area contributed by atoms with Crippen LogP contribution in [0.3, 0.4) is 0 Å². The van der Waals surface area contributed by atoms with Gasteiger partial charge in [-0.25, -0.2) is 4.98 Å². The summed E-state index contributed by atoms with van der Waals surface area (Å²) in [4.78, 5) is 28.2. The molecule has 0 spiro atoms. The number of imidazole rings is 1. The molecule has 0 unspecified atom stereocenters. The SMILES string of the molecule is Cn1cnc(-c2ccc(NC(=C3C(=O)Nc4ccc([N+](=O)[O-])cc43)c3ccccc3)cc2)c1. The molecule has 162 valence electrons. The molecular weight excluding hydrogens is 418 g/mol. The fourth-order valence-corrected chi connectivity index (χ4v) is 3.83. The Morgan fingerprint density at radius 1 is 1.06 bits per heavy atom. The Balaban J connectivity index is 1.60. The van der Waals surface area contributed by atoms with E-state index in [1.54, 1.807) is 12.4 Å². The molecule has 2 N–H and O–H groups in total. The number of carbonyl (C=O) groups is 1. The van der Waals surface area contributed by atoms with Gasteiger partial charge in [-0.15, -0.1) is 0 Å². The zero-order chi connectivity index (χ0) is 22.9. The molecule has 1 aliphatic rings. The number of anilines is 2. The van der Waals surface area contributed by atoms with Crippen molar-refractivity contribution >= 4 is 34.2 Å². The van der Waals surface area contributed by atoms with Crippen molar-refractivity contribution in [2.75, 3.05) is 10.6 Å². The summed E-state index contributed by atoms with van der Waals surface area (Å²) in [5, 5.41) is 17.5. The van der Waals surface area contributed by atoms with Crippen LogP contribution in [-0.2, 0) is 11.8 Å². The second-order valence-electron chi connectivity index (χ2n) is 7.68. The quantitative estimate of drug-likeness (QED) is 0.262. The smallest absolute Gasteiger partial charge is 0.270 e. The number of hydrogen-bond donors (Lipinski definition) is 2. The zero-order valence-corrected chi connectivity index (χ0v) is 17.6. The lowest BCUT2D eigenvalue weighted by molar-refractivity contribution is -0.384. The van der Waals surface area contributed by atoms with Crippen LogP contribution in [0.2, 0.25) is 0 Å². The van der Waals surface area contributed by atoms with Gasteiger partial charge in [0, 0.05) is 47.9 Å². The minimum absolute atomic E-state index is 0.0742. The summed E-state index contributed by atoms with van der Waals surface area (Å²) in [6.07, 6.45) is 3.68. The van der Waals surface area contributed by atoms with Crippen molar-refractivity contribution in [2.24, 2.45) is 7.05 Å².